The number of halogens is 3. The van der Waals surface area contributed by atoms with Gasteiger partial charge in [-0.25, -0.2) is 18.0 Å². The molecule has 2 N–H and O–H groups in total. The van der Waals surface area contributed by atoms with Crippen LogP contribution in [-0.2, 0) is 0 Å². The van der Waals surface area contributed by atoms with Crippen LogP contribution in [0.1, 0.15) is 12.8 Å². The SMILES string of the molecule is O=C(Nc1c(F)cc(F)cc1F)N(CCO)C1CC1. The third-order valence-corrected chi connectivity index (χ3v) is 2.83. The molecule has 104 valence electrons. The van der Waals surface area contributed by atoms with Crippen LogP contribution in [0, 0.1) is 17.5 Å². The van der Waals surface area contributed by atoms with Crippen LogP contribution in [0.2, 0.25) is 0 Å². The van der Waals surface area contributed by atoms with Gasteiger partial charge in [-0.3, -0.25) is 0 Å². The number of nitrogens with one attached hydrogen (secondary N) is 1. The van der Waals surface area contributed by atoms with E-state index < -0.39 is 29.2 Å². The Bertz CT molecular complexity index is 469. The second-order valence-electron chi connectivity index (χ2n) is 4.32. The van der Waals surface area contributed by atoms with Crippen molar-refractivity contribution >= 4 is 11.7 Å². The molecule has 0 heterocycles. The van der Waals surface area contributed by atoms with Gasteiger partial charge in [0.1, 0.15) is 11.5 Å². The van der Waals surface area contributed by atoms with Crippen LogP contribution in [0.25, 0.3) is 0 Å². The first-order valence-electron chi connectivity index (χ1n) is 5.86. The molecule has 0 spiro atoms. The predicted octanol–water partition coefficient (Wildman–Crippen LogP) is 2.09. The van der Waals surface area contributed by atoms with E-state index in [4.69, 9.17) is 5.11 Å². The molecule has 1 fully saturated rings. The molecule has 0 atom stereocenters. The lowest BCUT2D eigenvalue weighted by atomic mass is 10.3. The molecule has 1 saturated carbocycles. The Hall–Kier alpha value is -1.76. The van der Waals surface area contributed by atoms with Crippen molar-refractivity contribution in [2.24, 2.45) is 0 Å². The lowest BCUT2D eigenvalue weighted by Crippen LogP contribution is -2.39. The Morgan fingerprint density at radius 1 is 1.32 bits per heavy atom. The number of hydrogen-bond donors (Lipinski definition) is 2. The quantitative estimate of drug-likeness (QED) is 0.883. The van der Waals surface area contributed by atoms with Gasteiger partial charge in [0.2, 0.25) is 0 Å². The van der Waals surface area contributed by atoms with Crippen LogP contribution in [-0.4, -0.2) is 35.2 Å². The van der Waals surface area contributed by atoms with Crippen molar-refractivity contribution in [3.8, 4) is 0 Å². The fraction of sp³-hybridized carbons (Fsp3) is 0.417. The Balaban J connectivity index is 2.13. The second kappa shape index (κ2) is 5.48. The molecular formula is C12H13F3N2O2. The van der Waals surface area contributed by atoms with E-state index in [-0.39, 0.29) is 19.2 Å². The minimum absolute atomic E-state index is 0.0151. The summed E-state index contributed by atoms with van der Waals surface area (Å²) in [4.78, 5) is 13.2. The number of carbonyl (C=O) groups is 1. The van der Waals surface area contributed by atoms with E-state index in [0.29, 0.717) is 12.1 Å². The summed E-state index contributed by atoms with van der Waals surface area (Å²) in [6, 6.07) is 0.262. The average molecular weight is 274 g/mol. The van der Waals surface area contributed by atoms with Gasteiger partial charge in [0.25, 0.3) is 0 Å². The van der Waals surface area contributed by atoms with Crippen LogP contribution < -0.4 is 5.32 Å². The zero-order valence-electron chi connectivity index (χ0n) is 10.00. The summed E-state index contributed by atoms with van der Waals surface area (Å²) in [5.41, 5.74) is -0.685. The lowest BCUT2D eigenvalue weighted by molar-refractivity contribution is 0.185. The van der Waals surface area contributed by atoms with Crippen molar-refractivity contribution in [3.05, 3.63) is 29.6 Å². The van der Waals surface area contributed by atoms with Gasteiger partial charge in [-0.15, -0.1) is 0 Å². The van der Waals surface area contributed by atoms with E-state index in [1.54, 1.807) is 0 Å². The van der Waals surface area contributed by atoms with Gasteiger partial charge < -0.3 is 15.3 Å². The van der Waals surface area contributed by atoms with Crippen molar-refractivity contribution in [2.75, 3.05) is 18.5 Å². The van der Waals surface area contributed by atoms with Crippen molar-refractivity contribution < 1.29 is 23.1 Å². The number of hydrogen-bond acceptors (Lipinski definition) is 2. The maximum atomic E-state index is 13.4. The van der Waals surface area contributed by atoms with E-state index >= 15 is 0 Å². The van der Waals surface area contributed by atoms with Crippen LogP contribution in [0.15, 0.2) is 12.1 Å². The molecule has 0 unspecified atom stereocenters. The summed E-state index contributed by atoms with van der Waals surface area (Å²) in [5, 5.41) is 10.9. The van der Waals surface area contributed by atoms with Crippen LogP contribution in [0.3, 0.4) is 0 Å². The van der Waals surface area contributed by atoms with Gasteiger partial charge in [0.05, 0.1) is 6.61 Å². The van der Waals surface area contributed by atoms with E-state index in [9.17, 15) is 18.0 Å². The number of amides is 2. The topological polar surface area (TPSA) is 52.6 Å². The van der Waals surface area contributed by atoms with Crippen molar-refractivity contribution in [1.82, 2.24) is 4.90 Å². The molecule has 7 heteroatoms. The van der Waals surface area contributed by atoms with Gasteiger partial charge in [-0.1, -0.05) is 0 Å². The maximum Gasteiger partial charge on any atom is 0.322 e. The zero-order chi connectivity index (χ0) is 14.0. The first kappa shape index (κ1) is 13.7. The molecule has 0 bridgehead atoms. The Labute approximate surface area is 107 Å². The monoisotopic (exact) mass is 274 g/mol. The Morgan fingerprint density at radius 2 is 1.89 bits per heavy atom. The summed E-state index contributed by atoms with van der Waals surface area (Å²) in [7, 11) is 0. The van der Waals surface area contributed by atoms with E-state index in [1.807, 2.05) is 0 Å². The zero-order valence-corrected chi connectivity index (χ0v) is 10.00. The number of aliphatic hydroxyl groups excluding tert-OH is 1. The van der Waals surface area contributed by atoms with Gasteiger partial charge in [-0.05, 0) is 12.8 Å². The minimum Gasteiger partial charge on any atom is -0.395 e. The maximum absolute atomic E-state index is 13.4. The van der Waals surface area contributed by atoms with E-state index in [1.165, 1.54) is 4.90 Å². The molecule has 2 amide bonds. The smallest absolute Gasteiger partial charge is 0.322 e. The summed E-state index contributed by atoms with van der Waals surface area (Å²) in [5.74, 6) is -3.40. The van der Waals surface area contributed by atoms with E-state index in [2.05, 4.69) is 5.32 Å². The molecule has 0 radical (unpaired) electrons. The number of carbonyl (C=O) groups excluding carboxylic acids is 1. The van der Waals surface area contributed by atoms with Crippen LogP contribution in [0.5, 0.6) is 0 Å². The van der Waals surface area contributed by atoms with Gasteiger partial charge in [0.15, 0.2) is 11.6 Å². The summed E-state index contributed by atoms with van der Waals surface area (Å²) < 4.78 is 39.5. The average Bonchev–Trinajstić information content (AvgIpc) is 3.14. The van der Waals surface area contributed by atoms with Gasteiger partial charge in [-0.2, -0.15) is 0 Å². The molecule has 1 aromatic carbocycles. The first-order chi connectivity index (χ1) is 9.02. The molecule has 0 saturated heterocycles. The molecule has 4 nitrogen and oxygen atoms in total. The molecule has 2 rings (SSSR count). The molecule has 1 aromatic rings. The molecule has 0 aliphatic heterocycles. The molecule has 1 aliphatic rings. The minimum atomic E-state index is -1.18. The highest BCUT2D eigenvalue weighted by molar-refractivity contribution is 5.90. The number of nitrogens with zero attached hydrogens (tertiary/aromatic N) is 1. The fourth-order valence-corrected chi connectivity index (χ4v) is 1.78. The number of aliphatic hydroxyl groups is 1. The number of anilines is 1. The molecule has 19 heavy (non-hydrogen) atoms. The van der Waals surface area contributed by atoms with Gasteiger partial charge >= 0.3 is 6.03 Å². The van der Waals surface area contributed by atoms with E-state index in [0.717, 1.165) is 12.8 Å². The number of rotatable bonds is 4. The third-order valence-electron chi connectivity index (χ3n) is 2.83. The molecule has 1 aliphatic carbocycles. The third kappa shape index (κ3) is 3.17. The standard InChI is InChI=1S/C12H13F3N2O2/c13-7-5-9(14)11(10(15)6-7)16-12(19)17(3-4-18)8-1-2-8/h5-6,8,18H,1-4H2,(H,16,19). The summed E-state index contributed by atoms with van der Waals surface area (Å²) in [6.45, 7) is -0.154. The van der Waals surface area contributed by atoms with Crippen molar-refractivity contribution in [2.45, 2.75) is 18.9 Å². The Morgan fingerprint density at radius 3 is 2.37 bits per heavy atom. The number of urea groups is 1. The van der Waals surface area contributed by atoms with Crippen molar-refractivity contribution in [3.63, 3.8) is 0 Å². The first-order valence-corrected chi connectivity index (χ1v) is 5.86. The lowest BCUT2D eigenvalue weighted by Gasteiger charge is -2.22. The molecular weight excluding hydrogens is 261 g/mol. The van der Waals surface area contributed by atoms with Crippen molar-refractivity contribution in [1.29, 1.82) is 0 Å². The predicted molar refractivity (Wildman–Crippen MR) is 62.1 cm³/mol. The largest absolute Gasteiger partial charge is 0.395 e. The second-order valence-corrected chi connectivity index (χ2v) is 4.32. The number of benzene rings is 1. The highest BCUT2D eigenvalue weighted by Crippen LogP contribution is 2.28. The Kier molecular flexibility index (Phi) is 3.94. The highest BCUT2D eigenvalue weighted by Gasteiger charge is 2.32. The van der Waals surface area contributed by atoms with Crippen LogP contribution in [0.4, 0.5) is 23.7 Å². The summed E-state index contributed by atoms with van der Waals surface area (Å²) >= 11 is 0. The van der Waals surface area contributed by atoms with Crippen LogP contribution >= 0.6 is 0 Å². The molecule has 0 aromatic heterocycles. The van der Waals surface area contributed by atoms with Gasteiger partial charge in [0, 0.05) is 24.7 Å². The fourth-order valence-electron chi connectivity index (χ4n) is 1.78. The normalized spacial score (nSPS) is 14.3. The highest BCUT2D eigenvalue weighted by atomic mass is 19.1. The summed E-state index contributed by atoms with van der Waals surface area (Å²) in [6.07, 6.45) is 1.59.